The normalized spacial score (nSPS) is 11.4. The first-order valence-electron chi connectivity index (χ1n) is 11.3. The van der Waals surface area contributed by atoms with Gasteiger partial charge in [-0.3, -0.25) is 9.20 Å². The second kappa shape index (κ2) is 9.19. The van der Waals surface area contributed by atoms with Crippen molar-refractivity contribution in [2.24, 2.45) is 0 Å². The van der Waals surface area contributed by atoms with Crippen LogP contribution in [0.5, 0.6) is 0 Å². The van der Waals surface area contributed by atoms with Crippen LogP contribution in [0.25, 0.3) is 39.0 Å². The molecule has 0 spiro atoms. The number of imidazole rings is 1. The van der Waals surface area contributed by atoms with E-state index >= 15 is 0 Å². The zero-order chi connectivity index (χ0) is 23.6. The van der Waals surface area contributed by atoms with Crippen molar-refractivity contribution in [2.75, 3.05) is 12.3 Å². The van der Waals surface area contributed by atoms with Crippen molar-refractivity contribution in [2.45, 2.75) is 11.6 Å². The summed E-state index contributed by atoms with van der Waals surface area (Å²) in [4.78, 5) is 25.3. The van der Waals surface area contributed by atoms with E-state index in [0.717, 1.165) is 44.8 Å². The van der Waals surface area contributed by atoms with Crippen LogP contribution in [0, 0.1) is 0 Å². The number of para-hydroxylation sites is 3. The number of rotatable bonds is 7. The number of thioether (sulfide) groups is 1. The topological polar surface area (TPSA) is 101 Å². The number of aromatic nitrogens is 6. The van der Waals surface area contributed by atoms with Gasteiger partial charge in [0.05, 0.1) is 22.3 Å². The van der Waals surface area contributed by atoms with Crippen molar-refractivity contribution < 1.29 is 4.79 Å². The second-order valence-corrected chi connectivity index (χ2v) is 8.99. The van der Waals surface area contributed by atoms with Crippen LogP contribution in [0.2, 0.25) is 0 Å². The molecule has 0 bridgehead atoms. The molecule has 35 heavy (non-hydrogen) atoms. The fourth-order valence-corrected chi connectivity index (χ4v) is 4.82. The lowest BCUT2D eigenvalue weighted by molar-refractivity contribution is -0.118. The maximum absolute atomic E-state index is 12.6. The van der Waals surface area contributed by atoms with Crippen molar-refractivity contribution in [1.29, 1.82) is 0 Å². The van der Waals surface area contributed by atoms with E-state index in [-0.39, 0.29) is 11.7 Å². The molecule has 0 aliphatic carbocycles. The molecule has 6 aromatic rings. The van der Waals surface area contributed by atoms with Crippen LogP contribution < -0.4 is 5.32 Å². The van der Waals surface area contributed by atoms with E-state index in [9.17, 15) is 4.79 Å². The second-order valence-electron chi connectivity index (χ2n) is 8.05. The number of carbonyl (C=O) groups is 1. The molecule has 3 aromatic carbocycles. The number of aromatic amines is 1. The molecule has 1 amide bonds. The molecule has 3 heterocycles. The van der Waals surface area contributed by atoms with E-state index < -0.39 is 0 Å². The van der Waals surface area contributed by atoms with Crippen LogP contribution in [-0.2, 0) is 11.2 Å². The number of nitrogens with one attached hydrogen (secondary N) is 2. The van der Waals surface area contributed by atoms with Gasteiger partial charge in [-0.15, -0.1) is 10.2 Å². The summed E-state index contributed by atoms with van der Waals surface area (Å²) >= 11 is 1.35. The number of benzene rings is 3. The molecule has 8 nitrogen and oxygen atoms in total. The zero-order valence-electron chi connectivity index (χ0n) is 18.7. The summed E-state index contributed by atoms with van der Waals surface area (Å²) in [5, 5.41) is 13.4. The predicted molar refractivity (Wildman–Crippen MR) is 137 cm³/mol. The maximum Gasteiger partial charge on any atom is 0.230 e. The van der Waals surface area contributed by atoms with Gasteiger partial charge in [0.25, 0.3) is 0 Å². The van der Waals surface area contributed by atoms with Crippen molar-refractivity contribution in [3.8, 4) is 11.4 Å². The molecule has 0 saturated carbocycles. The smallest absolute Gasteiger partial charge is 0.230 e. The Bertz CT molecular complexity index is 1630. The minimum absolute atomic E-state index is 0.0714. The molecule has 2 N–H and O–H groups in total. The highest BCUT2D eigenvalue weighted by Crippen LogP contribution is 2.28. The third kappa shape index (κ3) is 4.22. The molecular weight excluding hydrogens is 458 g/mol. The summed E-state index contributed by atoms with van der Waals surface area (Å²) in [6.07, 6.45) is 0.632. The Kier molecular flexibility index (Phi) is 5.59. The molecule has 172 valence electrons. The van der Waals surface area contributed by atoms with Crippen molar-refractivity contribution >= 4 is 45.3 Å². The summed E-state index contributed by atoms with van der Waals surface area (Å²) in [6.45, 7) is 0.501. The highest BCUT2D eigenvalue weighted by Gasteiger charge is 2.17. The third-order valence-electron chi connectivity index (χ3n) is 5.70. The van der Waals surface area contributed by atoms with E-state index in [1.54, 1.807) is 0 Å². The molecule has 0 atom stereocenters. The Morgan fingerprint density at radius 1 is 0.886 bits per heavy atom. The quantitative estimate of drug-likeness (QED) is 0.332. The molecule has 0 radical (unpaired) electrons. The first kappa shape index (κ1) is 21.3. The van der Waals surface area contributed by atoms with Gasteiger partial charge in [-0.1, -0.05) is 66.4 Å². The van der Waals surface area contributed by atoms with Crippen molar-refractivity contribution in [3.05, 3.63) is 84.7 Å². The highest BCUT2D eigenvalue weighted by molar-refractivity contribution is 7.99. The van der Waals surface area contributed by atoms with Gasteiger partial charge in [0.2, 0.25) is 5.91 Å². The molecule has 0 saturated heterocycles. The van der Waals surface area contributed by atoms with Crippen LogP contribution in [0.4, 0.5) is 0 Å². The Hall–Kier alpha value is -4.24. The average Bonchev–Trinajstić information content (AvgIpc) is 3.52. The van der Waals surface area contributed by atoms with E-state index in [1.807, 2.05) is 83.3 Å². The average molecular weight is 480 g/mol. The molecule has 0 aliphatic rings. The van der Waals surface area contributed by atoms with Crippen LogP contribution in [-0.4, -0.2) is 47.8 Å². The third-order valence-corrected chi connectivity index (χ3v) is 6.63. The number of hydrogen-bond acceptors (Lipinski definition) is 6. The van der Waals surface area contributed by atoms with Gasteiger partial charge in [0.15, 0.2) is 10.8 Å². The standard InChI is InChI=1S/C26H21N7OS/c34-23(27-15-14-22-28-20-12-6-7-13-21(20)29-22)16-35-26-32-31-25-18-10-4-5-11-19(18)30-24(33(25)26)17-8-2-1-3-9-17/h1-13H,14-16H2,(H,27,34)(H,28,29). The summed E-state index contributed by atoms with van der Waals surface area (Å²) in [5.41, 5.74) is 4.46. The lowest BCUT2D eigenvalue weighted by atomic mass is 10.2. The SMILES string of the molecule is O=C(CSc1nnc2c3ccccc3nc(-c3ccccc3)n12)NCCc1nc2ccccc2[nH]1. The van der Waals surface area contributed by atoms with Crippen molar-refractivity contribution in [1.82, 2.24) is 34.9 Å². The first-order valence-corrected chi connectivity index (χ1v) is 12.3. The fourth-order valence-electron chi connectivity index (χ4n) is 4.06. The van der Waals surface area contributed by atoms with Gasteiger partial charge in [0.1, 0.15) is 11.6 Å². The van der Waals surface area contributed by atoms with E-state index in [4.69, 9.17) is 4.98 Å². The fraction of sp³-hybridized carbons (Fsp3) is 0.115. The number of fused-ring (bicyclic) bond motifs is 4. The monoisotopic (exact) mass is 479 g/mol. The number of carbonyl (C=O) groups excluding carboxylic acids is 1. The molecule has 0 aliphatic heterocycles. The lowest BCUT2D eigenvalue weighted by Gasteiger charge is -2.09. The first-order chi connectivity index (χ1) is 17.3. The summed E-state index contributed by atoms with van der Waals surface area (Å²) in [6, 6.07) is 25.7. The van der Waals surface area contributed by atoms with Crippen LogP contribution in [0.15, 0.2) is 84.0 Å². The Labute approximate surface area is 204 Å². The summed E-state index contributed by atoms with van der Waals surface area (Å²) < 4.78 is 1.93. The summed E-state index contributed by atoms with van der Waals surface area (Å²) in [5.74, 6) is 1.75. The molecule has 9 heteroatoms. The number of amides is 1. The number of nitrogens with zero attached hydrogens (tertiary/aromatic N) is 5. The minimum Gasteiger partial charge on any atom is -0.355 e. The number of hydrogen-bond donors (Lipinski definition) is 2. The van der Waals surface area contributed by atoms with Crippen LogP contribution in [0.1, 0.15) is 5.82 Å². The Morgan fingerprint density at radius 2 is 1.66 bits per heavy atom. The highest BCUT2D eigenvalue weighted by atomic mass is 32.2. The molecular formula is C26H21N7OS. The summed E-state index contributed by atoms with van der Waals surface area (Å²) in [7, 11) is 0. The van der Waals surface area contributed by atoms with E-state index in [2.05, 4.69) is 25.5 Å². The van der Waals surface area contributed by atoms with Gasteiger partial charge < -0.3 is 10.3 Å². The van der Waals surface area contributed by atoms with Gasteiger partial charge in [-0.05, 0) is 24.3 Å². The maximum atomic E-state index is 12.6. The van der Waals surface area contributed by atoms with Gasteiger partial charge in [0, 0.05) is 23.9 Å². The van der Waals surface area contributed by atoms with E-state index in [1.165, 1.54) is 11.8 Å². The van der Waals surface area contributed by atoms with E-state index in [0.29, 0.717) is 18.1 Å². The predicted octanol–water partition coefficient (Wildman–Crippen LogP) is 4.27. The number of H-pyrrole nitrogens is 1. The van der Waals surface area contributed by atoms with Crippen LogP contribution in [0.3, 0.4) is 0 Å². The van der Waals surface area contributed by atoms with Crippen LogP contribution >= 0.6 is 11.8 Å². The largest absolute Gasteiger partial charge is 0.355 e. The minimum atomic E-state index is -0.0714. The molecule has 6 rings (SSSR count). The van der Waals surface area contributed by atoms with Gasteiger partial charge in [-0.2, -0.15) is 0 Å². The Balaban J connectivity index is 1.19. The lowest BCUT2D eigenvalue weighted by Crippen LogP contribution is -2.27. The molecule has 0 unspecified atom stereocenters. The van der Waals surface area contributed by atoms with Gasteiger partial charge in [-0.25, -0.2) is 9.97 Å². The Morgan fingerprint density at radius 3 is 2.51 bits per heavy atom. The molecule has 0 fully saturated rings. The molecule has 3 aromatic heterocycles. The van der Waals surface area contributed by atoms with Gasteiger partial charge >= 0.3 is 0 Å². The van der Waals surface area contributed by atoms with Crippen molar-refractivity contribution in [3.63, 3.8) is 0 Å². The zero-order valence-corrected chi connectivity index (χ0v) is 19.5.